The number of hydrogen-bond donors (Lipinski definition) is 1. The van der Waals surface area contributed by atoms with Crippen LogP contribution in [0.3, 0.4) is 0 Å². The molecule has 0 unspecified atom stereocenters. The molecular weight excluding hydrogens is 420 g/mol. The van der Waals surface area contributed by atoms with Crippen LogP contribution >= 0.6 is 27.5 Å². The Kier molecular flexibility index (Phi) is 7.94. The summed E-state index contributed by atoms with van der Waals surface area (Å²) in [5.41, 5.74) is 3.73. The zero-order valence-corrected chi connectivity index (χ0v) is 16.9. The molecular formula is C19H20BrClN2O3. The highest BCUT2D eigenvalue weighted by Crippen LogP contribution is 2.36. The first-order valence-corrected chi connectivity index (χ1v) is 9.40. The number of carbonyl (C=O) groups excluding carboxylic acids is 1. The predicted octanol–water partition coefficient (Wildman–Crippen LogP) is 5.05. The molecule has 2 rings (SSSR count). The Balaban J connectivity index is 2.11. The predicted molar refractivity (Wildman–Crippen MR) is 108 cm³/mol. The standard InChI is InChI=1S/C19H20BrClN2O3/c1-3-9-26-18-16(20)10-13(11-17(18)25-4-2)12-22-23-19(24)14-5-7-15(21)8-6-14/h5-8,10-12H,3-4,9H2,1-2H3,(H,23,24)/b22-12+. The lowest BCUT2D eigenvalue weighted by molar-refractivity contribution is 0.0955. The average Bonchev–Trinajstić information content (AvgIpc) is 2.62. The van der Waals surface area contributed by atoms with E-state index >= 15 is 0 Å². The van der Waals surface area contributed by atoms with Crippen LogP contribution in [0.25, 0.3) is 0 Å². The van der Waals surface area contributed by atoms with Crippen molar-refractivity contribution in [2.75, 3.05) is 13.2 Å². The summed E-state index contributed by atoms with van der Waals surface area (Å²) in [6, 6.07) is 10.2. The van der Waals surface area contributed by atoms with E-state index in [4.69, 9.17) is 21.1 Å². The lowest BCUT2D eigenvalue weighted by atomic mass is 10.2. The molecule has 0 radical (unpaired) electrons. The van der Waals surface area contributed by atoms with Crippen molar-refractivity contribution in [1.29, 1.82) is 0 Å². The molecule has 0 bridgehead atoms. The summed E-state index contributed by atoms with van der Waals surface area (Å²) in [6.07, 6.45) is 2.45. The van der Waals surface area contributed by atoms with Crippen LogP contribution in [0.4, 0.5) is 0 Å². The summed E-state index contributed by atoms with van der Waals surface area (Å²) in [6.45, 7) is 5.06. The molecule has 1 N–H and O–H groups in total. The zero-order chi connectivity index (χ0) is 18.9. The molecule has 0 aliphatic rings. The van der Waals surface area contributed by atoms with Crippen molar-refractivity contribution in [2.24, 2.45) is 5.10 Å². The summed E-state index contributed by atoms with van der Waals surface area (Å²) in [4.78, 5) is 12.0. The van der Waals surface area contributed by atoms with Crippen LogP contribution in [0.1, 0.15) is 36.2 Å². The van der Waals surface area contributed by atoms with Gasteiger partial charge in [-0.3, -0.25) is 4.79 Å². The normalized spacial score (nSPS) is 10.8. The number of ether oxygens (including phenoxy) is 2. The van der Waals surface area contributed by atoms with Gasteiger partial charge in [0.25, 0.3) is 5.91 Å². The Morgan fingerprint density at radius 1 is 1.23 bits per heavy atom. The summed E-state index contributed by atoms with van der Waals surface area (Å²) >= 11 is 9.31. The Morgan fingerprint density at radius 3 is 2.62 bits per heavy atom. The van der Waals surface area contributed by atoms with Gasteiger partial charge in [-0.15, -0.1) is 0 Å². The molecule has 0 saturated heterocycles. The Morgan fingerprint density at radius 2 is 1.96 bits per heavy atom. The summed E-state index contributed by atoms with van der Waals surface area (Å²) in [5, 5.41) is 4.57. The Bertz CT molecular complexity index is 779. The topological polar surface area (TPSA) is 59.9 Å². The molecule has 0 saturated carbocycles. The lowest BCUT2D eigenvalue weighted by Crippen LogP contribution is -2.17. The van der Waals surface area contributed by atoms with Gasteiger partial charge in [0.05, 0.1) is 23.9 Å². The number of rotatable bonds is 8. The molecule has 26 heavy (non-hydrogen) atoms. The van der Waals surface area contributed by atoms with Crippen LogP contribution in [0.5, 0.6) is 11.5 Å². The quantitative estimate of drug-likeness (QED) is 0.462. The van der Waals surface area contributed by atoms with Crippen LogP contribution in [0.15, 0.2) is 46.0 Å². The van der Waals surface area contributed by atoms with Gasteiger partial charge in [0.1, 0.15) is 0 Å². The van der Waals surface area contributed by atoms with Gasteiger partial charge in [0.15, 0.2) is 11.5 Å². The maximum Gasteiger partial charge on any atom is 0.271 e. The number of halogens is 2. The third kappa shape index (κ3) is 5.75. The van der Waals surface area contributed by atoms with Crippen LogP contribution in [-0.4, -0.2) is 25.3 Å². The molecule has 0 aliphatic heterocycles. The maximum atomic E-state index is 12.0. The van der Waals surface area contributed by atoms with E-state index in [-0.39, 0.29) is 5.91 Å². The van der Waals surface area contributed by atoms with Crippen molar-refractivity contribution < 1.29 is 14.3 Å². The third-order valence-electron chi connectivity index (χ3n) is 3.27. The highest BCUT2D eigenvalue weighted by Gasteiger charge is 2.11. The van der Waals surface area contributed by atoms with Gasteiger partial charge < -0.3 is 9.47 Å². The number of amides is 1. The third-order valence-corrected chi connectivity index (χ3v) is 4.11. The van der Waals surface area contributed by atoms with E-state index in [1.807, 2.05) is 26.0 Å². The Hall–Kier alpha value is -2.05. The minimum Gasteiger partial charge on any atom is -0.490 e. The zero-order valence-electron chi connectivity index (χ0n) is 14.6. The van der Waals surface area contributed by atoms with Crippen LogP contribution in [-0.2, 0) is 0 Å². The molecule has 0 fully saturated rings. The van der Waals surface area contributed by atoms with Crippen molar-refractivity contribution in [1.82, 2.24) is 5.43 Å². The van der Waals surface area contributed by atoms with Crippen molar-refractivity contribution in [3.63, 3.8) is 0 Å². The average molecular weight is 440 g/mol. The van der Waals surface area contributed by atoms with Gasteiger partial charge in [0, 0.05) is 10.6 Å². The first-order chi connectivity index (χ1) is 12.5. The van der Waals surface area contributed by atoms with Crippen LogP contribution in [0, 0.1) is 0 Å². The van der Waals surface area contributed by atoms with Gasteiger partial charge in [-0.1, -0.05) is 18.5 Å². The minimum absolute atomic E-state index is 0.315. The van der Waals surface area contributed by atoms with Gasteiger partial charge in [-0.2, -0.15) is 5.10 Å². The second-order valence-corrected chi connectivity index (χ2v) is 6.61. The van der Waals surface area contributed by atoms with Crippen molar-refractivity contribution in [3.05, 3.63) is 57.0 Å². The van der Waals surface area contributed by atoms with Gasteiger partial charge >= 0.3 is 0 Å². The lowest BCUT2D eigenvalue weighted by Gasteiger charge is -2.14. The van der Waals surface area contributed by atoms with E-state index in [0.29, 0.717) is 35.3 Å². The SMILES string of the molecule is CCCOc1c(Br)cc(/C=N/NC(=O)c2ccc(Cl)cc2)cc1OCC. The molecule has 7 heteroatoms. The van der Waals surface area contributed by atoms with E-state index in [1.165, 1.54) is 0 Å². The number of hydrogen-bond acceptors (Lipinski definition) is 4. The van der Waals surface area contributed by atoms with Crippen LogP contribution < -0.4 is 14.9 Å². The van der Waals surface area contributed by atoms with E-state index in [0.717, 1.165) is 16.5 Å². The molecule has 0 atom stereocenters. The molecule has 0 aromatic heterocycles. The number of hydrazone groups is 1. The van der Waals surface area contributed by atoms with Crippen molar-refractivity contribution >= 4 is 39.7 Å². The number of carbonyl (C=O) groups is 1. The fourth-order valence-electron chi connectivity index (χ4n) is 2.10. The fraction of sp³-hybridized carbons (Fsp3) is 0.263. The minimum atomic E-state index is -0.315. The summed E-state index contributed by atoms with van der Waals surface area (Å²) in [7, 11) is 0. The van der Waals surface area contributed by atoms with Gasteiger partial charge in [-0.05, 0) is 71.2 Å². The first-order valence-electron chi connectivity index (χ1n) is 8.23. The van der Waals surface area contributed by atoms with Gasteiger partial charge in [-0.25, -0.2) is 5.43 Å². The fourth-order valence-corrected chi connectivity index (χ4v) is 2.80. The molecule has 0 aliphatic carbocycles. The molecule has 138 valence electrons. The number of nitrogens with zero attached hydrogens (tertiary/aromatic N) is 1. The molecule has 2 aromatic rings. The highest BCUT2D eigenvalue weighted by molar-refractivity contribution is 9.10. The van der Waals surface area contributed by atoms with E-state index < -0.39 is 0 Å². The highest BCUT2D eigenvalue weighted by atomic mass is 79.9. The number of benzene rings is 2. The summed E-state index contributed by atoms with van der Waals surface area (Å²) in [5.74, 6) is 0.974. The molecule has 0 heterocycles. The van der Waals surface area contributed by atoms with Crippen LogP contribution in [0.2, 0.25) is 5.02 Å². The maximum absolute atomic E-state index is 12.0. The van der Waals surface area contributed by atoms with Crippen molar-refractivity contribution in [3.8, 4) is 11.5 Å². The molecule has 1 amide bonds. The van der Waals surface area contributed by atoms with Gasteiger partial charge in [0.2, 0.25) is 0 Å². The Labute approximate surface area is 166 Å². The van der Waals surface area contributed by atoms with E-state index in [9.17, 15) is 4.79 Å². The largest absolute Gasteiger partial charge is 0.490 e. The molecule has 2 aromatic carbocycles. The second kappa shape index (κ2) is 10.2. The van der Waals surface area contributed by atoms with Crippen molar-refractivity contribution in [2.45, 2.75) is 20.3 Å². The molecule has 0 spiro atoms. The molecule has 5 nitrogen and oxygen atoms in total. The van der Waals surface area contributed by atoms with E-state index in [1.54, 1.807) is 30.5 Å². The van der Waals surface area contributed by atoms with E-state index in [2.05, 4.69) is 26.5 Å². The first kappa shape index (κ1) is 20.3. The smallest absolute Gasteiger partial charge is 0.271 e. The monoisotopic (exact) mass is 438 g/mol. The number of nitrogens with one attached hydrogen (secondary N) is 1. The summed E-state index contributed by atoms with van der Waals surface area (Å²) < 4.78 is 12.2. The second-order valence-electron chi connectivity index (χ2n) is 5.32.